The molecule has 0 aliphatic heterocycles. The van der Waals surface area contributed by atoms with Crippen molar-refractivity contribution in [2.45, 2.75) is 11.6 Å². The highest BCUT2D eigenvalue weighted by molar-refractivity contribution is 7.80. The van der Waals surface area contributed by atoms with Gasteiger partial charge in [-0.25, -0.2) is 0 Å². The summed E-state index contributed by atoms with van der Waals surface area (Å²) in [4.78, 5) is 2.18. The first kappa shape index (κ1) is 22.3. The Bertz CT molecular complexity index is 1080. The number of rotatable bonds is 8. The van der Waals surface area contributed by atoms with Gasteiger partial charge in [0.1, 0.15) is 0 Å². The molecule has 4 aromatic carbocycles. The van der Waals surface area contributed by atoms with Crippen LogP contribution in [-0.2, 0) is 9.72 Å². The van der Waals surface area contributed by atoms with Crippen molar-refractivity contribution < 1.29 is 4.57 Å². The van der Waals surface area contributed by atoms with Crippen molar-refractivity contribution in [3.8, 4) is 0 Å². The molecule has 162 valence electrons. The van der Waals surface area contributed by atoms with E-state index in [2.05, 4.69) is 67.5 Å². The Balaban J connectivity index is 2.14. The number of benzene rings is 4. The maximum atomic E-state index is 15.8. The lowest BCUT2D eigenvalue weighted by molar-refractivity contribution is 0.377. The van der Waals surface area contributed by atoms with Gasteiger partial charge in [0, 0.05) is 10.6 Å². The fraction of sp³-hybridized carbons (Fsp3) is 0.172. The standard InChI is InChI=1S/C29H30NOP/c1-30(2)24-23-29(25-15-7-3-8-16-25,26-17-9-4-10-18-26)32(31,27-19-11-5-12-20-27)28-21-13-6-14-22-28/h3-22H,23-24H2,1-2H3. The predicted octanol–water partition coefficient (Wildman–Crippen LogP) is 5.90. The highest BCUT2D eigenvalue weighted by atomic mass is 31.2. The summed E-state index contributed by atoms with van der Waals surface area (Å²) in [6.07, 6.45) is 0.731. The summed E-state index contributed by atoms with van der Waals surface area (Å²) in [5.41, 5.74) is 2.17. The highest BCUT2D eigenvalue weighted by Gasteiger charge is 2.52. The maximum Gasteiger partial charge on any atom is 0.157 e. The Kier molecular flexibility index (Phi) is 6.74. The van der Waals surface area contributed by atoms with Gasteiger partial charge in [0.15, 0.2) is 7.14 Å². The van der Waals surface area contributed by atoms with E-state index < -0.39 is 12.3 Å². The summed E-state index contributed by atoms with van der Waals surface area (Å²) >= 11 is 0. The summed E-state index contributed by atoms with van der Waals surface area (Å²) in [5, 5.41) is 1.07. The Hall–Kier alpha value is -2.93. The van der Waals surface area contributed by atoms with E-state index in [0.29, 0.717) is 0 Å². The number of hydrogen-bond acceptors (Lipinski definition) is 2. The summed E-state index contributed by atoms with van der Waals surface area (Å²) in [5.74, 6) is 0. The van der Waals surface area contributed by atoms with Crippen molar-refractivity contribution in [3.05, 3.63) is 132 Å². The molecule has 0 N–H and O–H groups in total. The molecule has 32 heavy (non-hydrogen) atoms. The van der Waals surface area contributed by atoms with Crippen molar-refractivity contribution in [3.63, 3.8) is 0 Å². The average Bonchev–Trinajstić information content (AvgIpc) is 2.86. The zero-order chi connectivity index (χ0) is 22.4. The first-order valence-corrected chi connectivity index (χ1v) is 12.8. The lowest BCUT2D eigenvalue weighted by atomic mass is 9.87. The van der Waals surface area contributed by atoms with Gasteiger partial charge in [-0.1, -0.05) is 121 Å². The number of hydrogen-bond donors (Lipinski definition) is 0. The third-order valence-electron chi connectivity index (χ3n) is 6.20. The van der Waals surface area contributed by atoms with Crippen LogP contribution in [-0.4, -0.2) is 25.5 Å². The topological polar surface area (TPSA) is 20.3 Å². The molecule has 3 heteroatoms. The van der Waals surface area contributed by atoms with Gasteiger partial charge in [0.2, 0.25) is 0 Å². The molecule has 0 radical (unpaired) electrons. The monoisotopic (exact) mass is 439 g/mol. The zero-order valence-corrected chi connectivity index (χ0v) is 19.7. The van der Waals surface area contributed by atoms with Crippen LogP contribution in [0.4, 0.5) is 0 Å². The quantitative estimate of drug-likeness (QED) is 0.319. The Morgan fingerprint density at radius 1 is 0.594 bits per heavy atom. The van der Waals surface area contributed by atoms with Gasteiger partial charge in [0.05, 0.1) is 5.16 Å². The Morgan fingerprint density at radius 2 is 0.938 bits per heavy atom. The van der Waals surface area contributed by atoms with Crippen LogP contribution in [0.25, 0.3) is 0 Å². The van der Waals surface area contributed by atoms with Gasteiger partial charge >= 0.3 is 0 Å². The van der Waals surface area contributed by atoms with E-state index in [9.17, 15) is 0 Å². The van der Waals surface area contributed by atoms with E-state index in [0.717, 1.165) is 34.7 Å². The van der Waals surface area contributed by atoms with Gasteiger partial charge in [-0.3, -0.25) is 0 Å². The van der Waals surface area contributed by atoms with Crippen LogP contribution in [0.15, 0.2) is 121 Å². The third kappa shape index (κ3) is 3.97. The van der Waals surface area contributed by atoms with Crippen LogP contribution in [0.2, 0.25) is 0 Å². The minimum Gasteiger partial charge on any atom is -0.312 e. The zero-order valence-electron chi connectivity index (χ0n) is 18.8. The second-order valence-corrected chi connectivity index (χ2v) is 11.4. The predicted molar refractivity (Wildman–Crippen MR) is 137 cm³/mol. The fourth-order valence-electron chi connectivity index (χ4n) is 4.66. The molecule has 0 heterocycles. The SMILES string of the molecule is CN(C)CCC(c1ccccc1)(c1ccccc1)P(=O)(c1ccccc1)c1ccccc1. The molecule has 0 amide bonds. The molecule has 0 bridgehead atoms. The minimum atomic E-state index is -3.19. The second-order valence-electron chi connectivity index (χ2n) is 8.43. The van der Waals surface area contributed by atoms with Crippen LogP contribution >= 0.6 is 7.14 Å². The van der Waals surface area contributed by atoms with E-state index in [1.807, 2.05) is 72.8 Å². The van der Waals surface area contributed by atoms with Crippen molar-refractivity contribution in [1.29, 1.82) is 0 Å². The van der Waals surface area contributed by atoms with E-state index in [1.165, 1.54) is 0 Å². The van der Waals surface area contributed by atoms with Gasteiger partial charge in [-0.2, -0.15) is 0 Å². The Labute approximate surface area is 191 Å². The molecule has 0 atom stereocenters. The van der Waals surface area contributed by atoms with Crippen molar-refractivity contribution in [2.75, 3.05) is 20.6 Å². The normalized spacial score (nSPS) is 12.1. The van der Waals surface area contributed by atoms with Crippen molar-refractivity contribution in [1.82, 2.24) is 4.90 Å². The molecule has 0 aliphatic rings. The Morgan fingerprint density at radius 3 is 1.28 bits per heavy atom. The van der Waals surface area contributed by atoms with Crippen molar-refractivity contribution >= 4 is 17.8 Å². The molecule has 0 saturated heterocycles. The fourth-order valence-corrected chi connectivity index (χ4v) is 8.46. The smallest absolute Gasteiger partial charge is 0.157 e. The van der Waals surface area contributed by atoms with E-state index >= 15 is 4.57 Å². The molecular weight excluding hydrogens is 409 g/mol. The van der Waals surface area contributed by atoms with Crippen LogP contribution in [0.3, 0.4) is 0 Å². The first-order chi connectivity index (χ1) is 15.6. The van der Waals surface area contributed by atoms with E-state index in [-0.39, 0.29) is 0 Å². The lowest BCUT2D eigenvalue weighted by Crippen LogP contribution is -2.39. The van der Waals surface area contributed by atoms with Gasteiger partial charge in [-0.05, 0) is 38.2 Å². The van der Waals surface area contributed by atoms with Gasteiger partial charge < -0.3 is 9.46 Å². The maximum absolute atomic E-state index is 15.8. The van der Waals surface area contributed by atoms with E-state index in [1.54, 1.807) is 0 Å². The second kappa shape index (κ2) is 9.69. The molecule has 0 aromatic heterocycles. The molecule has 4 rings (SSSR count). The average molecular weight is 440 g/mol. The third-order valence-corrected chi connectivity index (χ3v) is 10.1. The molecule has 0 fully saturated rings. The molecule has 0 unspecified atom stereocenters. The van der Waals surface area contributed by atoms with Crippen molar-refractivity contribution in [2.24, 2.45) is 0 Å². The van der Waals surface area contributed by atoms with Crippen LogP contribution < -0.4 is 10.6 Å². The minimum absolute atomic E-state index is 0.706. The summed E-state index contributed by atoms with van der Waals surface area (Å²) in [6, 6.07) is 41.0. The van der Waals surface area contributed by atoms with Crippen LogP contribution in [0.5, 0.6) is 0 Å². The lowest BCUT2D eigenvalue weighted by Gasteiger charge is -2.43. The molecule has 4 aromatic rings. The molecule has 0 aliphatic carbocycles. The van der Waals surface area contributed by atoms with Gasteiger partial charge in [-0.15, -0.1) is 0 Å². The first-order valence-electron chi connectivity index (χ1n) is 11.1. The molecule has 0 saturated carbocycles. The summed E-state index contributed by atoms with van der Waals surface area (Å²) in [6.45, 7) is 0.813. The highest BCUT2D eigenvalue weighted by Crippen LogP contribution is 2.66. The summed E-state index contributed by atoms with van der Waals surface area (Å²) in [7, 11) is 0.968. The van der Waals surface area contributed by atoms with Gasteiger partial charge in [0.25, 0.3) is 0 Å². The number of nitrogens with zero attached hydrogens (tertiary/aromatic N) is 1. The van der Waals surface area contributed by atoms with Crippen LogP contribution in [0, 0.1) is 0 Å². The largest absolute Gasteiger partial charge is 0.312 e. The summed E-state index contributed by atoms with van der Waals surface area (Å²) < 4.78 is 15.8. The molecule has 2 nitrogen and oxygen atoms in total. The molecule has 0 spiro atoms. The van der Waals surface area contributed by atoms with E-state index in [4.69, 9.17) is 0 Å². The molecular formula is C29H30NOP. The van der Waals surface area contributed by atoms with Crippen LogP contribution in [0.1, 0.15) is 17.5 Å².